The Kier molecular flexibility index (Phi) is 6.25. The maximum absolute atomic E-state index is 14.3. The smallest absolute Gasteiger partial charge is 0.337 e. The summed E-state index contributed by atoms with van der Waals surface area (Å²) in [5, 5.41) is 10.8. The topological polar surface area (TPSA) is 68.7 Å². The molecule has 0 aliphatic carbocycles. The van der Waals surface area contributed by atoms with Crippen LogP contribution in [-0.2, 0) is 9.53 Å². The molecule has 0 bridgehead atoms. The maximum atomic E-state index is 14.3. The third kappa shape index (κ3) is 4.50. The van der Waals surface area contributed by atoms with E-state index in [0.717, 1.165) is 5.56 Å². The minimum Gasteiger partial charge on any atom is -0.495 e. The van der Waals surface area contributed by atoms with Gasteiger partial charge in [0.2, 0.25) is 0 Å². The summed E-state index contributed by atoms with van der Waals surface area (Å²) >= 11 is 6.70. The van der Waals surface area contributed by atoms with E-state index in [1.54, 1.807) is 39.8 Å². The second-order valence-electron chi connectivity index (χ2n) is 8.37. The van der Waals surface area contributed by atoms with Gasteiger partial charge in [-0.2, -0.15) is 0 Å². The van der Waals surface area contributed by atoms with Crippen LogP contribution in [0.15, 0.2) is 30.3 Å². The van der Waals surface area contributed by atoms with E-state index >= 15 is 0 Å². The average Bonchev–Trinajstić information content (AvgIpc) is 2.66. The van der Waals surface area contributed by atoms with Crippen LogP contribution in [0, 0.1) is 19.7 Å². The molecule has 0 spiro atoms. The Bertz CT molecular complexity index is 1170. The number of hydrogen-bond donors (Lipinski definition) is 1. The van der Waals surface area contributed by atoms with Crippen molar-refractivity contribution in [1.29, 1.82) is 0 Å². The second kappa shape index (κ2) is 8.44. The normalized spacial score (nSPS) is 12.8. The van der Waals surface area contributed by atoms with Crippen molar-refractivity contribution in [2.24, 2.45) is 0 Å². The first-order valence-electron chi connectivity index (χ1n) is 9.78. The van der Waals surface area contributed by atoms with Gasteiger partial charge in [-0.05, 0) is 58.4 Å². The van der Waals surface area contributed by atoms with E-state index in [2.05, 4.69) is 4.98 Å². The van der Waals surface area contributed by atoms with Crippen molar-refractivity contribution in [3.63, 3.8) is 0 Å². The SMILES string of the molecule is COc1c(C)ccc(-c2c([C@H](OC(C)(C)C)C(=O)O)c(C)nc3ccc(F)cc23)c1Cl. The summed E-state index contributed by atoms with van der Waals surface area (Å²) in [6.07, 6.45) is -1.33. The molecule has 0 aliphatic heterocycles. The fraction of sp³-hybridized carbons (Fsp3) is 0.333. The van der Waals surface area contributed by atoms with Gasteiger partial charge in [0.1, 0.15) is 11.6 Å². The molecule has 3 rings (SSSR count). The molecule has 0 saturated heterocycles. The lowest BCUT2D eigenvalue weighted by Gasteiger charge is -2.28. The van der Waals surface area contributed by atoms with Crippen LogP contribution in [0.25, 0.3) is 22.0 Å². The van der Waals surface area contributed by atoms with Gasteiger partial charge in [-0.3, -0.25) is 4.98 Å². The number of carboxylic acids is 1. The number of benzene rings is 2. The van der Waals surface area contributed by atoms with Crippen molar-refractivity contribution in [3.8, 4) is 16.9 Å². The molecule has 1 aromatic heterocycles. The molecule has 1 heterocycles. The Morgan fingerprint density at radius 3 is 2.45 bits per heavy atom. The van der Waals surface area contributed by atoms with Gasteiger partial charge in [0.25, 0.3) is 0 Å². The monoisotopic (exact) mass is 445 g/mol. The molecule has 1 atom stereocenters. The zero-order valence-corrected chi connectivity index (χ0v) is 19.1. The minimum atomic E-state index is -1.33. The number of aryl methyl sites for hydroxylation is 2. The lowest BCUT2D eigenvalue weighted by atomic mass is 9.90. The molecule has 0 radical (unpaired) electrons. The molecule has 0 aliphatic rings. The number of pyridine rings is 1. The summed E-state index contributed by atoms with van der Waals surface area (Å²) in [6.45, 7) is 8.88. The van der Waals surface area contributed by atoms with E-state index in [0.29, 0.717) is 44.1 Å². The number of aromatic nitrogens is 1. The fourth-order valence-corrected chi connectivity index (χ4v) is 4.05. The number of carbonyl (C=O) groups is 1. The number of fused-ring (bicyclic) bond motifs is 1. The van der Waals surface area contributed by atoms with Crippen LogP contribution in [0.2, 0.25) is 5.02 Å². The molecular weight excluding hydrogens is 421 g/mol. The highest BCUT2D eigenvalue weighted by Gasteiger charge is 2.33. The van der Waals surface area contributed by atoms with E-state index in [-0.39, 0.29) is 0 Å². The van der Waals surface area contributed by atoms with Crippen molar-refractivity contribution in [2.75, 3.05) is 7.11 Å². The minimum absolute atomic E-state index is 0.305. The molecule has 0 fully saturated rings. The zero-order valence-electron chi connectivity index (χ0n) is 18.3. The summed E-state index contributed by atoms with van der Waals surface area (Å²) < 4.78 is 25.7. The first-order valence-corrected chi connectivity index (χ1v) is 10.2. The highest BCUT2D eigenvalue weighted by molar-refractivity contribution is 6.35. The van der Waals surface area contributed by atoms with Gasteiger partial charge in [-0.1, -0.05) is 23.7 Å². The first kappa shape index (κ1) is 23.0. The van der Waals surface area contributed by atoms with Crippen molar-refractivity contribution in [3.05, 3.63) is 58.0 Å². The summed E-state index contributed by atoms with van der Waals surface area (Å²) in [6, 6.07) is 7.81. The van der Waals surface area contributed by atoms with E-state index in [1.165, 1.54) is 19.2 Å². The molecule has 31 heavy (non-hydrogen) atoms. The highest BCUT2D eigenvalue weighted by atomic mass is 35.5. The van der Waals surface area contributed by atoms with Crippen molar-refractivity contribution < 1.29 is 23.8 Å². The van der Waals surface area contributed by atoms with Gasteiger partial charge in [0.05, 0.1) is 23.3 Å². The van der Waals surface area contributed by atoms with E-state index in [4.69, 9.17) is 21.1 Å². The third-order valence-electron chi connectivity index (χ3n) is 4.90. The molecule has 164 valence electrons. The van der Waals surface area contributed by atoms with Crippen molar-refractivity contribution >= 4 is 28.5 Å². The number of ether oxygens (including phenoxy) is 2. The Labute approximate surface area is 185 Å². The van der Waals surface area contributed by atoms with Crippen molar-refractivity contribution in [1.82, 2.24) is 4.98 Å². The average molecular weight is 446 g/mol. The number of halogens is 2. The molecule has 0 unspecified atom stereocenters. The van der Waals surface area contributed by atoms with Crippen LogP contribution in [0.4, 0.5) is 4.39 Å². The fourth-order valence-electron chi connectivity index (χ4n) is 3.67. The summed E-state index contributed by atoms with van der Waals surface area (Å²) in [5.41, 5.74) is 2.35. The summed E-state index contributed by atoms with van der Waals surface area (Å²) in [4.78, 5) is 16.8. The van der Waals surface area contributed by atoms with E-state index in [1.807, 2.05) is 13.0 Å². The van der Waals surface area contributed by atoms with Gasteiger partial charge < -0.3 is 14.6 Å². The van der Waals surface area contributed by atoms with Crippen LogP contribution in [0.1, 0.15) is 43.7 Å². The van der Waals surface area contributed by atoms with Crippen molar-refractivity contribution in [2.45, 2.75) is 46.3 Å². The highest BCUT2D eigenvalue weighted by Crippen LogP contribution is 2.45. The largest absolute Gasteiger partial charge is 0.495 e. The van der Waals surface area contributed by atoms with Crippen LogP contribution < -0.4 is 4.74 Å². The number of hydrogen-bond acceptors (Lipinski definition) is 4. The Morgan fingerprint density at radius 2 is 1.87 bits per heavy atom. The lowest BCUT2D eigenvalue weighted by Crippen LogP contribution is -2.28. The lowest BCUT2D eigenvalue weighted by molar-refractivity contribution is -0.160. The van der Waals surface area contributed by atoms with Gasteiger partial charge in [0, 0.05) is 27.8 Å². The number of aliphatic carboxylic acids is 1. The van der Waals surface area contributed by atoms with Gasteiger partial charge in [-0.25, -0.2) is 9.18 Å². The predicted octanol–water partition coefficient (Wildman–Crippen LogP) is 6.26. The molecule has 1 N–H and O–H groups in total. The number of carboxylic acid groups (broad SMARTS) is 1. The molecule has 5 nitrogen and oxygen atoms in total. The Morgan fingerprint density at radius 1 is 1.19 bits per heavy atom. The van der Waals surface area contributed by atoms with Crippen LogP contribution in [0.3, 0.4) is 0 Å². The van der Waals surface area contributed by atoms with Gasteiger partial charge in [-0.15, -0.1) is 0 Å². The van der Waals surface area contributed by atoms with Crippen LogP contribution >= 0.6 is 11.6 Å². The Balaban J connectivity index is 2.49. The molecule has 0 saturated carbocycles. The molecule has 2 aromatic carbocycles. The van der Waals surface area contributed by atoms with E-state index < -0.39 is 23.5 Å². The number of methoxy groups -OCH3 is 1. The Hall–Kier alpha value is -2.70. The summed E-state index contributed by atoms with van der Waals surface area (Å²) in [7, 11) is 1.51. The molecule has 0 amide bonds. The van der Waals surface area contributed by atoms with Gasteiger partial charge >= 0.3 is 5.97 Å². The maximum Gasteiger partial charge on any atom is 0.337 e. The van der Waals surface area contributed by atoms with Crippen LogP contribution in [0.5, 0.6) is 5.75 Å². The number of rotatable bonds is 5. The first-order chi connectivity index (χ1) is 14.4. The molecular formula is C24H25ClFNO4. The second-order valence-corrected chi connectivity index (χ2v) is 8.75. The summed E-state index contributed by atoms with van der Waals surface area (Å²) in [5.74, 6) is -1.18. The standard InChI is InChI=1S/C24H25ClFNO4/c1-12-7-9-15(20(25)21(12)30-6)19-16-11-14(26)8-10-17(16)27-13(2)18(19)22(23(28)29)31-24(3,4)5/h7-11,22H,1-6H3,(H,28,29)/t22-/m0/s1. The quantitative estimate of drug-likeness (QED) is 0.502. The third-order valence-corrected chi connectivity index (χ3v) is 5.28. The van der Waals surface area contributed by atoms with E-state index in [9.17, 15) is 14.3 Å². The molecule has 3 aromatic rings. The zero-order chi connectivity index (χ0) is 23.1. The molecule has 7 heteroatoms. The van der Waals surface area contributed by atoms with Crippen LogP contribution in [-0.4, -0.2) is 28.8 Å². The number of nitrogens with zero attached hydrogens (tertiary/aromatic N) is 1. The van der Waals surface area contributed by atoms with Gasteiger partial charge in [0.15, 0.2) is 6.10 Å². The predicted molar refractivity (Wildman–Crippen MR) is 119 cm³/mol.